The topological polar surface area (TPSA) is 75.6 Å². The number of hydrogen-bond donors (Lipinski definition) is 2. The molecule has 1 amide bonds. The Labute approximate surface area is 115 Å². The summed E-state index contributed by atoms with van der Waals surface area (Å²) >= 11 is 0. The highest BCUT2D eigenvalue weighted by molar-refractivity contribution is 6.04. The van der Waals surface area contributed by atoms with Crippen LogP contribution in [0.15, 0.2) is 49.1 Å². The standard InChI is InChI=1S/C14H13N5O/c1-19-9-13(8-17-19)18-14(20)11-4-2-10(3-5-11)12-6-15-16-7-12/h2-9H,1H3,(H,15,16)(H,18,20). The summed E-state index contributed by atoms with van der Waals surface area (Å²) in [6, 6.07) is 7.36. The predicted molar refractivity (Wildman–Crippen MR) is 75.2 cm³/mol. The van der Waals surface area contributed by atoms with Crippen LogP contribution in [0.4, 0.5) is 5.69 Å². The zero-order valence-corrected chi connectivity index (χ0v) is 10.9. The second-order valence-electron chi connectivity index (χ2n) is 4.42. The van der Waals surface area contributed by atoms with Crippen molar-refractivity contribution >= 4 is 11.6 Å². The van der Waals surface area contributed by atoms with Gasteiger partial charge in [0.05, 0.1) is 18.1 Å². The quantitative estimate of drug-likeness (QED) is 0.762. The highest BCUT2D eigenvalue weighted by atomic mass is 16.1. The van der Waals surface area contributed by atoms with E-state index in [4.69, 9.17) is 0 Å². The summed E-state index contributed by atoms with van der Waals surface area (Å²) < 4.78 is 1.64. The van der Waals surface area contributed by atoms with Gasteiger partial charge in [0.25, 0.3) is 5.91 Å². The molecule has 0 aliphatic rings. The molecule has 20 heavy (non-hydrogen) atoms. The van der Waals surface area contributed by atoms with Gasteiger partial charge in [-0.25, -0.2) is 0 Å². The number of carbonyl (C=O) groups excluding carboxylic acids is 1. The third-order valence-corrected chi connectivity index (χ3v) is 2.94. The lowest BCUT2D eigenvalue weighted by Gasteiger charge is -2.03. The summed E-state index contributed by atoms with van der Waals surface area (Å²) in [4.78, 5) is 12.1. The molecule has 0 atom stereocenters. The molecule has 6 heteroatoms. The van der Waals surface area contributed by atoms with Gasteiger partial charge in [-0.3, -0.25) is 14.6 Å². The molecule has 6 nitrogen and oxygen atoms in total. The Morgan fingerprint density at radius 2 is 2.00 bits per heavy atom. The fourth-order valence-corrected chi connectivity index (χ4v) is 1.91. The molecule has 3 rings (SSSR count). The summed E-state index contributed by atoms with van der Waals surface area (Å²) in [5.41, 5.74) is 3.28. The largest absolute Gasteiger partial charge is 0.319 e. The highest BCUT2D eigenvalue weighted by Gasteiger charge is 2.07. The summed E-state index contributed by atoms with van der Waals surface area (Å²) in [5, 5.41) is 13.5. The Morgan fingerprint density at radius 3 is 2.60 bits per heavy atom. The fourth-order valence-electron chi connectivity index (χ4n) is 1.91. The van der Waals surface area contributed by atoms with E-state index in [0.29, 0.717) is 11.3 Å². The van der Waals surface area contributed by atoms with Gasteiger partial charge in [-0.2, -0.15) is 10.2 Å². The second-order valence-corrected chi connectivity index (χ2v) is 4.42. The van der Waals surface area contributed by atoms with Crippen molar-refractivity contribution in [3.8, 4) is 11.1 Å². The maximum absolute atomic E-state index is 12.1. The Morgan fingerprint density at radius 1 is 1.20 bits per heavy atom. The van der Waals surface area contributed by atoms with Crippen LogP contribution in [0.1, 0.15) is 10.4 Å². The fraction of sp³-hybridized carbons (Fsp3) is 0.0714. The van der Waals surface area contributed by atoms with Crippen LogP contribution in [0, 0.1) is 0 Å². The number of nitrogens with zero attached hydrogens (tertiary/aromatic N) is 3. The SMILES string of the molecule is Cn1cc(NC(=O)c2ccc(-c3cn[nH]c3)cc2)cn1. The van der Waals surface area contributed by atoms with Crippen molar-refractivity contribution in [3.05, 3.63) is 54.6 Å². The molecule has 2 N–H and O–H groups in total. The van der Waals surface area contributed by atoms with Crippen molar-refractivity contribution in [2.75, 3.05) is 5.32 Å². The molecule has 2 aromatic heterocycles. The van der Waals surface area contributed by atoms with Crippen molar-refractivity contribution in [1.82, 2.24) is 20.0 Å². The van der Waals surface area contributed by atoms with Gasteiger partial charge in [0.2, 0.25) is 0 Å². The maximum atomic E-state index is 12.1. The van der Waals surface area contributed by atoms with Gasteiger partial charge in [-0.15, -0.1) is 0 Å². The van der Waals surface area contributed by atoms with Crippen LogP contribution in [-0.4, -0.2) is 25.9 Å². The molecule has 3 aromatic rings. The first-order valence-corrected chi connectivity index (χ1v) is 6.11. The minimum Gasteiger partial charge on any atom is -0.319 e. The summed E-state index contributed by atoms with van der Waals surface area (Å²) in [6.45, 7) is 0. The Bertz CT molecular complexity index is 712. The Balaban J connectivity index is 1.75. The van der Waals surface area contributed by atoms with E-state index in [1.807, 2.05) is 18.3 Å². The van der Waals surface area contributed by atoms with E-state index in [1.165, 1.54) is 0 Å². The van der Waals surface area contributed by atoms with Crippen LogP contribution in [0.25, 0.3) is 11.1 Å². The van der Waals surface area contributed by atoms with E-state index in [-0.39, 0.29) is 5.91 Å². The van der Waals surface area contributed by atoms with Gasteiger partial charge in [-0.1, -0.05) is 12.1 Å². The summed E-state index contributed by atoms with van der Waals surface area (Å²) in [7, 11) is 1.80. The van der Waals surface area contributed by atoms with Gasteiger partial charge < -0.3 is 5.32 Å². The van der Waals surface area contributed by atoms with Crippen LogP contribution in [0.5, 0.6) is 0 Å². The van der Waals surface area contributed by atoms with E-state index in [1.54, 1.807) is 42.5 Å². The molecule has 1 aromatic carbocycles. The molecule has 0 aliphatic carbocycles. The van der Waals surface area contributed by atoms with Crippen LogP contribution >= 0.6 is 0 Å². The number of rotatable bonds is 3. The molecule has 0 radical (unpaired) electrons. The lowest BCUT2D eigenvalue weighted by atomic mass is 10.1. The van der Waals surface area contributed by atoms with Crippen molar-refractivity contribution < 1.29 is 4.79 Å². The number of amides is 1. The number of hydrogen-bond acceptors (Lipinski definition) is 3. The maximum Gasteiger partial charge on any atom is 0.255 e. The average Bonchev–Trinajstić information content (AvgIpc) is 3.11. The number of H-pyrrole nitrogens is 1. The monoisotopic (exact) mass is 267 g/mol. The average molecular weight is 267 g/mol. The van der Waals surface area contributed by atoms with E-state index in [0.717, 1.165) is 11.1 Å². The van der Waals surface area contributed by atoms with E-state index < -0.39 is 0 Å². The van der Waals surface area contributed by atoms with Gasteiger partial charge in [-0.05, 0) is 17.7 Å². The predicted octanol–water partition coefficient (Wildman–Crippen LogP) is 2.06. The van der Waals surface area contributed by atoms with Gasteiger partial charge in [0.1, 0.15) is 0 Å². The number of carbonyl (C=O) groups is 1. The third-order valence-electron chi connectivity index (χ3n) is 2.94. The van der Waals surface area contributed by atoms with Crippen molar-refractivity contribution in [1.29, 1.82) is 0 Å². The summed E-state index contributed by atoms with van der Waals surface area (Å²) in [6.07, 6.45) is 6.91. The first kappa shape index (κ1) is 12.2. The van der Waals surface area contributed by atoms with Crippen molar-refractivity contribution in [3.63, 3.8) is 0 Å². The van der Waals surface area contributed by atoms with E-state index in [2.05, 4.69) is 20.6 Å². The zero-order chi connectivity index (χ0) is 13.9. The number of nitrogens with one attached hydrogen (secondary N) is 2. The molecule has 0 fully saturated rings. The number of benzene rings is 1. The van der Waals surface area contributed by atoms with E-state index >= 15 is 0 Å². The number of aryl methyl sites for hydroxylation is 1. The normalized spacial score (nSPS) is 10.4. The van der Waals surface area contributed by atoms with Crippen molar-refractivity contribution in [2.24, 2.45) is 7.05 Å². The minimum absolute atomic E-state index is 0.156. The number of aromatic nitrogens is 4. The van der Waals surface area contributed by atoms with Crippen LogP contribution in [-0.2, 0) is 7.05 Å². The summed E-state index contributed by atoms with van der Waals surface area (Å²) in [5.74, 6) is -0.156. The lowest BCUT2D eigenvalue weighted by Crippen LogP contribution is -2.11. The van der Waals surface area contributed by atoms with Gasteiger partial charge >= 0.3 is 0 Å². The van der Waals surface area contributed by atoms with Crippen molar-refractivity contribution in [2.45, 2.75) is 0 Å². The number of anilines is 1. The highest BCUT2D eigenvalue weighted by Crippen LogP contribution is 2.18. The van der Waals surface area contributed by atoms with E-state index in [9.17, 15) is 4.79 Å². The zero-order valence-electron chi connectivity index (χ0n) is 10.9. The minimum atomic E-state index is -0.156. The first-order chi connectivity index (χ1) is 9.72. The molecule has 0 bridgehead atoms. The molecule has 2 heterocycles. The second kappa shape index (κ2) is 5.00. The molecule has 0 saturated carbocycles. The molecule has 0 unspecified atom stereocenters. The molecular weight excluding hydrogens is 254 g/mol. The Hall–Kier alpha value is -2.89. The van der Waals surface area contributed by atoms with Crippen LogP contribution in [0.3, 0.4) is 0 Å². The molecular formula is C14H13N5O. The lowest BCUT2D eigenvalue weighted by molar-refractivity contribution is 0.102. The molecule has 0 saturated heterocycles. The smallest absolute Gasteiger partial charge is 0.255 e. The van der Waals surface area contributed by atoms with Crippen LogP contribution in [0.2, 0.25) is 0 Å². The molecule has 100 valence electrons. The molecule has 0 aliphatic heterocycles. The van der Waals surface area contributed by atoms with Gasteiger partial charge in [0.15, 0.2) is 0 Å². The molecule has 0 spiro atoms. The van der Waals surface area contributed by atoms with Gasteiger partial charge in [0, 0.05) is 30.6 Å². The Kier molecular flexibility index (Phi) is 3.04. The first-order valence-electron chi connectivity index (χ1n) is 6.11. The van der Waals surface area contributed by atoms with Crippen LogP contribution < -0.4 is 5.32 Å². The number of aromatic amines is 1. The third kappa shape index (κ3) is 2.44.